The molecule has 0 N–H and O–H groups in total. The molecule has 6 atom stereocenters. The van der Waals surface area contributed by atoms with Gasteiger partial charge >= 0.3 is 0 Å². The van der Waals surface area contributed by atoms with Gasteiger partial charge in [0.15, 0.2) is 24.9 Å². The maximum absolute atomic E-state index is 12.2. The Morgan fingerprint density at radius 3 is 0.958 bits per heavy atom. The first-order valence-electron chi connectivity index (χ1n) is 7.10. The Bertz CT molecular complexity index is 647. The Morgan fingerprint density at radius 2 is 0.750 bits per heavy atom. The number of nitrogens with zero attached hydrogens (tertiary/aromatic N) is 4. The van der Waals surface area contributed by atoms with Crippen LogP contribution in [-0.4, -0.2) is 99.7 Å². The van der Waals surface area contributed by atoms with Gasteiger partial charge in [-0.25, -0.2) is 0 Å². The van der Waals surface area contributed by atoms with Crippen LogP contribution in [0.4, 0.5) is 0 Å². The van der Waals surface area contributed by atoms with E-state index in [1.807, 2.05) is 0 Å². The van der Waals surface area contributed by atoms with E-state index in [2.05, 4.69) is 0 Å². The Morgan fingerprint density at radius 1 is 0.542 bits per heavy atom. The SMILES string of the molecule is CN1[C@@H]2OC3O[C@H]4[C@H](OC3O[C@@H]2N(C)S1(=O)=O)N(C)S(=O)(=O)N4C. The van der Waals surface area contributed by atoms with Gasteiger partial charge in [0.2, 0.25) is 12.6 Å². The zero-order valence-electron chi connectivity index (χ0n) is 13.3. The van der Waals surface area contributed by atoms with Crippen molar-refractivity contribution in [1.29, 1.82) is 0 Å². The molecule has 4 aliphatic rings. The number of rotatable bonds is 0. The van der Waals surface area contributed by atoms with Crippen LogP contribution in [0.1, 0.15) is 0 Å². The molecule has 4 rings (SSSR count). The lowest BCUT2D eigenvalue weighted by atomic mass is 10.3. The number of ether oxygens (including phenoxy) is 4. The zero-order valence-corrected chi connectivity index (χ0v) is 15.0. The van der Waals surface area contributed by atoms with Gasteiger partial charge in [-0.1, -0.05) is 0 Å². The summed E-state index contributed by atoms with van der Waals surface area (Å²) in [6.07, 6.45) is -5.77. The molecule has 0 aromatic carbocycles. The molecule has 138 valence electrons. The number of hydrogen-bond donors (Lipinski definition) is 0. The van der Waals surface area contributed by atoms with E-state index in [0.717, 1.165) is 17.2 Å². The standard InChI is InChI=1S/C10H18N4O8S2/c1-11-5-6(12(2)23(11,15)16)20-10-9(19-5)21-7-8(22-10)14(4)24(17,18)13(7)3/h5-10H,1-4H3/t5-,6-,7-,8+,9?,10?/m0/s1. The summed E-state index contributed by atoms with van der Waals surface area (Å²) in [7, 11) is -1.93. The highest BCUT2D eigenvalue weighted by Gasteiger charge is 2.61. The van der Waals surface area contributed by atoms with E-state index in [-0.39, 0.29) is 0 Å². The third-order valence-electron chi connectivity index (χ3n) is 4.69. The van der Waals surface area contributed by atoms with Crippen molar-refractivity contribution in [2.75, 3.05) is 28.2 Å². The highest BCUT2D eigenvalue weighted by atomic mass is 32.2. The van der Waals surface area contributed by atoms with Crippen molar-refractivity contribution in [3.05, 3.63) is 0 Å². The Hall–Kier alpha value is -0.420. The van der Waals surface area contributed by atoms with Crippen LogP contribution in [0.3, 0.4) is 0 Å². The molecule has 0 saturated carbocycles. The summed E-state index contributed by atoms with van der Waals surface area (Å²) in [4.78, 5) is 0. The molecule has 0 aromatic rings. The topological polar surface area (TPSA) is 118 Å². The molecule has 4 heterocycles. The van der Waals surface area contributed by atoms with E-state index >= 15 is 0 Å². The summed E-state index contributed by atoms with van der Waals surface area (Å²) in [5, 5.41) is 0. The maximum Gasteiger partial charge on any atom is 0.286 e. The van der Waals surface area contributed by atoms with Crippen LogP contribution >= 0.6 is 0 Å². The van der Waals surface area contributed by atoms with Crippen LogP contribution in [-0.2, 0) is 39.4 Å². The minimum atomic E-state index is -3.70. The third kappa shape index (κ3) is 2.00. The Labute approximate surface area is 139 Å². The fraction of sp³-hybridized carbons (Fsp3) is 1.00. The van der Waals surface area contributed by atoms with Crippen molar-refractivity contribution < 1.29 is 35.8 Å². The van der Waals surface area contributed by atoms with Crippen molar-refractivity contribution in [2.24, 2.45) is 0 Å². The van der Waals surface area contributed by atoms with Crippen LogP contribution in [0.15, 0.2) is 0 Å². The van der Waals surface area contributed by atoms with E-state index in [1.165, 1.54) is 28.2 Å². The van der Waals surface area contributed by atoms with Crippen molar-refractivity contribution >= 4 is 20.4 Å². The van der Waals surface area contributed by atoms with E-state index in [4.69, 9.17) is 18.9 Å². The largest absolute Gasteiger partial charge is 0.324 e. The van der Waals surface area contributed by atoms with E-state index in [9.17, 15) is 16.8 Å². The second-order valence-electron chi connectivity index (χ2n) is 5.92. The molecule has 0 radical (unpaired) electrons. The normalized spacial score (nSPS) is 48.8. The molecule has 12 nitrogen and oxygen atoms in total. The first-order valence-corrected chi connectivity index (χ1v) is 9.90. The average molecular weight is 386 g/mol. The van der Waals surface area contributed by atoms with E-state index < -0.39 is 57.9 Å². The molecule has 2 unspecified atom stereocenters. The summed E-state index contributed by atoms with van der Waals surface area (Å²) in [6.45, 7) is 0. The van der Waals surface area contributed by atoms with Crippen LogP contribution in [0.2, 0.25) is 0 Å². The van der Waals surface area contributed by atoms with Crippen LogP contribution < -0.4 is 0 Å². The minimum Gasteiger partial charge on any atom is -0.324 e. The molecule has 0 aliphatic carbocycles. The summed E-state index contributed by atoms with van der Waals surface area (Å²) in [5.74, 6) is 0. The van der Waals surface area contributed by atoms with Crippen molar-refractivity contribution in [3.63, 3.8) is 0 Å². The smallest absolute Gasteiger partial charge is 0.286 e. The summed E-state index contributed by atoms with van der Waals surface area (Å²) >= 11 is 0. The molecular weight excluding hydrogens is 368 g/mol. The minimum absolute atomic E-state index is 0.914. The Balaban J connectivity index is 1.62. The van der Waals surface area contributed by atoms with Crippen molar-refractivity contribution in [2.45, 2.75) is 37.5 Å². The van der Waals surface area contributed by atoms with Gasteiger partial charge in [-0.3, -0.25) is 0 Å². The van der Waals surface area contributed by atoms with Crippen LogP contribution in [0.5, 0.6) is 0 Å². The molecule has 4 fully saturated rings. The predicted octanol–water partition coefficient (Wildman–Crippen LogP) is -2.72. The highest BCUT2D eigenvalue weighted by Crippen LogP contribution is 2.40. The average Bonchev–Trinajstić information content (AvgIpc) is 2.80. The summed E-state index contributed by atoms with van der Waals surface area (Å²) < 4.78 is 75.5. The quantitative estimate of drug-likeness (QED) is 0.441. The van der Waals surface area contributed by atoms with E-state index in [0.29, 0.717) is 0 Å². The summed E-state index contributed by atoms with van der Waals surface area (Å²) in [5.41, 5.74) is 0. The zero-order chi connectivity index (χ0) is 17.6. The van der Waals surface area contributed by atoms with E-state index in [1.54, 1.807) is 0 Å². The number of fused-ring (bicyclic) bond motifs is 3. The van der Waals surface area contributed by atoms with Gasteiger partial charge in [0, 0.05) is 28.2 Å². The monoisotopic (exact) mass is 386 g/mol. The molecule has 0 amide bonds. The van der Waals surface area contributed by atoms with Gasteiger partial charge in [0.05, 0.1) is 0 Å². The van der Waals surface area contributed by atoms with Gasteiger partial charge in [0.1, 0.15) is 0 Å². The molecular formula is C10H18N4O8S2. The molecule has 0 bridgehead atoms. The highest BCUT2D eigenvalue weighted by molar-refractivity contribution is 7.87. The van der Waals surface area contributed by atoms with Crippen LogP contribution in [0, 0.1) is 0 Å². The van der Waals surface area contributed by atoms with Gasteiger partial charge in [-0.05, 0) is 0 Å². The van der Waals surface area contributed by atoms with Gasteiger partial charge in [-0.15, -0.1) is 0 Å². The van der Waals surface area contributed by atoms with Gasteiger partial charge in [-0.2, -0.15) is 34.1 Å². The predicted molar refractivity (Wildman–Crippen MR) is 76.0 cm³/mol. The summed E-state index contributed by atoms with van der Waals surface area (Å²) in [6, 6.07) is 0. The molecule has 24 heavy (non-hydrogen) atoms. The Kier molecular flexibility index (Phi) is 3.59. The van der Waals surface area contributed by atoms with Crippen molar-refractivity contribution in [1.82, 2.24) is 17.2 Å². The molecule has 14 heteroatoms. The molecule has 4 aliphatic heterocycles. The molecule has 4 saturated heterocycles. The fourth-order valence-electron chi connectivity index (χ4n) is 3.13. The molecule has 0 spiro atoms. The molecule has 0 aromatic heterocycles. The lowest BCUT2D eigenvalue weighted by Crippen LogP contribution is -2.62. The lowest BCUT2D eigenvalue weighted by molar-refractivity contribution is -0.438. The number of likely N-dealkylation sites (N-methyl/N-ethyl adjacent to an activating group) is 4. The first kappa shape index (κ1) is 17.0. The van der Waals surface area contributed by atoms with Gasteiger partial charge < -0.3 is 18.9 Å². The number of hydrogen-bond acceptors (Lipinski definition) is 8. The second kappa shape index (κ2) is 5.06. The first-order chi connectivity index (χ1) is 11.1. The second-order valence-corrected chi connectivity index (χ2v) is 10.0. The third-order valence-corrected chi connectivity index (χ3v) is 8.44. The van der Waals surface area contributed by atoms with Gasteiger partial charge in [0.25, 0.3) is 20.4 Å². The lowest BCUT2D eigenvalue weighted by Gasteiger charge is -2.45. The fourth-order valence-corrected chi connectivity index (χ4v) is 5.61. The maximum atomic E-state index is 12.2. The van der Waals surface area contributed by atoms with Crippen LogP contribution in [0.25, 0.3) is 0 Å². The van der Waals surface area contributed by atoms with Crippen molar-refractivity contribution in [3.8, 4) is 0 Å².